The zero-order valence-electron chi connectivity index (χ0n) is 11.4. The Balaban J connectivity index is 2.81. The summed E-state index contributed by atoms with van der Waals surface area (Å²) in [7, 11) is 0. The van der Waals surface area contributed by atoms with Crippen molar-refractivity contribution in [2.75, 3.05) is 13.2 Å². The van der Waals surface area contributed by atoms with E-state index in [1.54, 1.807) is 0 Å². The van der Waals surface area contributed by atoms with Crippen LogP contribution in [0, 0.1) is 0 Å². The van der Waals surface area contributed by atoms with Gasteiger partial charge in [-0.3, -0.25) is 4.79 Å². The third-order valence-corrected chi connectivity index (χ3v) is 2.62. The summed E-state index contributed by atoms with van der Waals surface area (Å²) in [6.45, 7) is 7.03. The fraction of sp³-hybridized carbons (Fsp3) is 0.533. The van der Waals surface area contributed by atoms with Crippen molar-refractivity contribution in [1.82, 2.24) is 0 Å². The van der Waals surface area contributed by atoms with E-state index < -0.39 is 6.10 Å². The summed E-state index contributed by atoms with van der Waals surface area (Å²) in [5.74, 6) is 0.961. The number of hydrogen-bond donors (Lipinski definition) is 0. The molecule has 0 aliphatic heterocycles. The first-order valence-corrected chi connectivity index (χ1v) is 6.59. The Kier molecular flexibility index (Phi) is 6.44. The summed E-state index contributed by atoms with van der Waals surface area (Å²) in [6, 6.07) is 7.56. The van der Waals surface area contributed by atoms with Gasteiger partial charge in [0.2, 0.25) is 0 Å². The van der Waals surface area contributed by atoms with E-state index in [0.29, 0.717) is 19.6 Å². The van der Waals surface area contributed by atoms with Crippen molar-refractivity contribution in [3.63, 3.8) is 0 Å². The zero-order chi connectivity index (χ0) is 13.4. The van der Waals surface area contributed by atoms with Gasteiger partial charge < -0.3 is 9.47 Å². The molecule has 3 nitrogen and oxygen atoms in total. The largest absolute Gasteiger partial charge is 0.494 e. The topological polar surface area (TPSA) is 35.5 Å². The minimum absolute atomic E-state index is 0.142. The molecule has 0 bridgehead atoms. The number of carbonyl (C=O) groups is 1. The number of hydrogen-bond acceptors (Lipinski definition) is 3. The predicted octanol–water partition coefficient (Wildman–Crippen LogP) is 3.53. The van der Waals surface area contributed by atoms with Crippen molar-refractivity contribution in [1.29, 1.82) is 0 Å². The number of carbonyl (C=O) groups excluding carboxylic acids is 1. The highest BCUT2D eigenvalue weighted by atomic mass is 16.5. The van der Waals surface area contributed by atoms with Crippen molar-refractivity contribution >= 4 is 5.78 Å². The molecule has 0 saturated heterocycles. The molecule has 100 valence electrons. The standard InChI is InChI=1S/C15H22O3/c1-4-7-14(16)15(18-6-3)12-8-10-13(11-9-12)17-5-2/h8-11,15H,4-7H2,1-3H3. The molecule has 3 heteroatoms. The van der Waals surface area contributed by atoms with Gasteiger partial charge in [0.1, 0.15) is 11.9 Å². The lowest BCUT2D eigenvalue weighted by Gasteiger charge is -2.16. The Hall–Kier alpha value is -1.35. The maximum absolute atomic E-state index is 12.0. The van der Waals surface area contributed by atoms with E-state index in [1.807, 2.05) is 45.0 Å². The average Bonchev–Trinajstić information content (AvgIpc) is 2.38. The second-order valence-corrected chi connectivity index (χ2v) is 4.05. The molecule has 0 aliphatic rings. The Morgan fingerprint density at radius 1 is 1.11 bits per heavy atom. The first kappa shape index (κ1) is 14.7. The van der Waals surface area contributed by atoms with E-state index >= 15 is 0 Å². The van der Waals surface area contributed by atoms with Crippen molar-refractivity contribution in [2.24, 2.45) is 0 Å². The van der Waals surface area contributed by atoms with Gasteiger partial charge in [0.05, 0.1) is 6.61 Å². The van der Waals surface area contributed by atoms with Gasteiger partial charge in [0.15, 0.2) is 5.78 Å². The molecule has 1 aromatic rings. The third-order valence-electron chi connectivity index (χ3n) is 2.62. The Morgan fingerprint density at radius 2 is 1.78 bits per heavy atom. The van der Waals surface area contributed by atoms with Crippen molar-refractivity contribution in [3.8, 4) is 5.75 Å². The molecule has 0 aliphatic carbocycles. The number of Topliss-reactive ketones (excluding diaryl/α,β-unsaturated/α-hetero) is 1. The van der Waals surface area contributed by atoms with Crippen molar-refractivity contribution in [3.05, 3.63) is 29.8 Å². The number of benzene rings is 1. The smallest absolute Gasteiger partial charge is 0.166 e. The maximum atomic E-state index is 12.0. The Labute approximate surface area is 109 Å². The molecule has 0 spiro atoms. The molecule has 1 unspecified atom stereocenters. The van der Waals surface area contributed by atoms with Crippen LogP contribution in [0.3, 0.4) is 0 Å². The first-order chi connectivity index (χ1) is 8.72. The molecule has 0 heterocycles. The van der Waals surface area contributed by atoms with E-state index in [1.165, 1.54) is 0 Å². The van der Waals surface area contributed by atoms with E-state index in [2.05, 4.69) is 0 Å². The fourth-order valence-electron chi connectivity index (χ4n) is 1.82. The number of ketones is 1. The minimum Gasteiger partial charge on any atom is -0.494 e. The van der Waals surface area contributed by atoms with E-state index in [0.717, 1.165) is 17.7 Å². The van der Waals surface area contributed by atoms with Crippen LogP contribution in [-0.4, -0.2) is 19.0 Å². The quantitative estimate of drug-likeness (QED) is 0.708. The third kappa shape index (κ3) is 4.15. The Bertz CT molecular complexity index is 357. The summed E-state index contributed by atoms with van der Waals surface area (Å²) >= 11 is 0. The average molecular weight is 250 g/mol. The maximum Gasteiger partial charge on any atom is 0.166 e. The van der Waals surface area contributed by atoms with Crippen molar-refractivity contribution < 1.29 is 14.3 Å². The summed E-state index contributed by atoms with van der Waals surface area (Å²) in [4.78, 5) is 12.0. The van der Waals surface area contributed by atoms with Gasteiger partial charge in [0.25, 0.3) is 0 Å². The summed E-state index contributed by atoms with van der Waals surface area (Å²) in [6.07, 6.45) is 0.961. The molecule has 0 amide bonds. The van der Waals surface area contributed by atoms with Crippen molar-refractivity contribution in [2.45, 2.75) is 39.7 Å². The van der Waals surface area contributed by atoms with Crippen LogP contribution in [0.2, 0.25) is 0 Å². The molecule has 0 N–H and O–H groups in total. The lowest BCUT2D eigenvalue weighted by atomic mass is 10.0. The highest BCUT2D eigenvalue weighted by Gasteiger charge is 2.19. The van der Waals surface area contributed by atoms with Gasteiger partial charge in [0, 0.05) is 13.0 Å². The van der Waals surface area contributed by atoms with Crippen LogP contribution in [-0.2, 0) is 9.53 Å². The van der Waals surface area contributed by atoms with Gasteiger partial charge in [-0.15, -0.1) is 0 Å². The first-order valence-electron chi connectivity index (χ1n) is 6.59. The van der Waals surface area contributed by atoms with Crippen LogP contribution in [0.4, 0.5) is 0 Å². The Morgan fingerprint density at radius 3 is 2.28 bits per heavy atom. The van der Waals surface area contributed by atoms with Crippen LogP contribution >= 0.6 is 0 Å². The van der Waals surface area contributed by atoms with Crippen LogP contribution in [0.5, 0.6) is 5.75 Å². The minimum atomic E-state index is -0.439. The van der Waals surface area contributed by atoms with E-state index in [-0.39, 0.29) is 5.78 Å². The van der Waals surface area contributed by atoms with Gasteiger partial charge in [-0.2, -0.15) is 0 Å². The molecule has 18 heavy (non-hydrogen) atoms. The van der Waals surface area contributed by atoms with E-state index in [9.17, 15) is 4.79 Å². The van der Waals surface area contributed by atoms with Gasteiger partial charge in [-0.25, -0.2) is 0 Å². The van der Waals surface area contributed by atoms with Crippen LogP contribution < -0.4 is 4.74 Å². The molecular weight excluding hydrogens is 228 g/mol. The monoisotopic (exact) mass is 250 g/mol. The summed E-state index contributed by atoms with van der Waals surface area (Å²) < 4.78 is 10.9. The molecule has 0 saturated carbocycles. The lowest BCUT2D eigenvalue weighted by Crippen LogP contribution is -2.15. The highest BCUT2D eigenvalue weighted by Crippen LogP contribution is 2.23. The number of rotatable bonds is 8. The molecule has 1 aromatic carbocycles. The van der Waals surface area contributed by atoms with Crippen LogP contribution in [0.1, 0.15) is 45.3 Å². The SMILES string of the molecule is CCCC(=O)C(OCC)c1ccc(OCC)cc1. The second kappa shape index (κ2) is 7.88. The second-order valence-electron chi connectivity index (χ2n) is 4.05. The molecule has 0 aromatic heterocycles. The molecule has 1 atom stereocenters. The summed E-state index contributed by atoms with van der Waals surface area (Å²) in [5, 5.41) is 0. The summed E-state index contributed by atoms with van der Waals surface area (Å²) in [5.41, 5.74) is 0.902. The van der Waals surface area contributed by atoms with Gasteiger partial charge in [-0.05, 0) is 38.0 Å². The van der Waals surface area contributed by atoms with Crippen LogP contribution in [0.25, 0.3) is 0 Å². The molecule has 0 radical (unpaired) electrons. The van der Waals surface area contributed by atoms with E-state index in [4.69, 9.17) is 9.47 Å². The molecule has 1 rings (SSSR count). The van der Waals surface area contributed by atoms with Gasteiger partial charge in [-0.1, -0.05) is 19.1 Å². The van der Waals surface area contributed by atoms with Gasteiger partial charge >= 0.3 is 0 Å². The predicted molar refractivity (Wildman–Crippen MR) is 71.9 cm³/mol. The zero-order valence-corrected chi connectivity index (χ0v) is 11.4. The number of ether oxygens (including phenoxy) is 2. The highest BCUT2D eigenvalue weighted by molar-refractivity contribution is 5.84. The molecule has 0 fully saturated rings. The van der Waals surface area contributed by atoms with Crippen LogP contribution in [0.15, 0.2) is 24.3 Å². The normalized spacial score (nSPS) is 12.2. The molecular formula is C15H22O3. The fourth-order valence-corrected chi connectivity index (χ4v) is 1.82. The lowest BCUT2D eigenvalue weighted by molar-refractivity contribution is -0.130.